The standard InChI is InChI=1S/C16H16N2O/c1-12-4-3-5-14(17-12)11-18-9-8-13-10-15(19-2)6-7-16(13)18/h3-10H,11H2,1-2H3. The highest BCUT2D eigenvalue weighted by Gasteiger charge is 2.04. The first-order valence-corrected chi connectivity index (χ1v) is 6.32. The quantitative estimate of drug-likeness (QED) is 0.714. The van der Waals surface area contributed by atoms with Crippen LogP contribution in [0, 0.1) is 6.92 Å². The molecule has 0 aliphatic rings. The van der Waals surface area contributed by atoms with Crippen LogP contribution in [-0.2, 0) is 6.54 Å². The number of fused-ring (bicyclic) bond motifs is 1. The predicted molar refractivity (Wildman–Crippen MR) is 76.6 cm³/mol. The second-order valence-electron chi connectivity index (χ2n) is 4.64. The number of methoxy groups -OCH3 is 1. The van der Waals surface area contributed by atoms with Gasteiger partial charge in [-0.2, -0.15) is 0 Å². The molecule has 96 valence electrons. The summed E-state index contributed by atoms with van der Waals surface area (Å²) in [6.07, 6.45) is 2.09. The van der Waals surface area contributed by atoms with E-state index in [1.165, 1.54) is 10.9 Å². The lowest BCUT2D eigenvalue weighted by Gasteiger charge is -2.06. The normalized spacial score (nSPS) is 10.8. The van der Waals surface area contributed by atoms with E-state index < -0.39 is 0 Å². The third-order valence-electron chi connectivity index (χ3n) is 3.26. The fourth-order valence-electron chi connectivity index (χ4n) is 2.31. The maximum atomic E-state index is 5.24. The van der Waals surface area contributed by atoms with Crippen LogP contribution in [0.2, 0.25) is 0 Å². The molecule has 3 aromatic rings. The fraction of sp³-hybridized carbons (Fsp3) is 0.188. The number of pyridine rings is 1. The lowest BCUT2D eigenvalue weighted by Crippen LogP contribution is -2.00. The van der Waals surface area contributed by atoms with Gasteiger partial charge in [0.1, 0.15) is 5.75 Å². The topological polar surface area (TPSA) is 27.1 Å². The van der Waals surface area contributed by atoms with Crippen molar-refractivity contribution in [1.29, 1.82) is 0 Å². The van der Waals surface area contributed by atoms with Crippen molar-refractivity contribution < 1.29 is 4.74 Å². The molecule has 3 nitrogen and oxygen atoms in total. The maximum Gasteiger partial charge on any atom is 0.119 e. The van der Waals surface area contributed by atoms with Crippen molar-refractivity contribution in [3.63, 3.8) is 0 Å². The molecular weight excluding hydrogens is 236 g/mol. The first-order chi connectivity index (χ1) is 9.26. The molecule has 0 fully saturated rings. The van der Waals surface area contributed by atoms with Crippen LogP contribution in [0.25, 0.3) is 10.9 Å². The molecule has 0 unspecified atom stereocenters. The number of benzene rings is 1. The minimum Gasteiger partial charge on any atom is -0.497 e. The minimum absolute atomic E-state index is 0.789. The van der Waals surface area contributed by atoms with Crippen molar-refractivity contribution in [2.75, 3.05) is 7.11 Å². The highest BCUT2D eigenvalue weighted by molar-refractivity contribution is 5.81. The Morgan fingerprint density at radius 3 is 2.84 bits per heavy atom. The molecule has 0 aliphatic heterocycles. The molecule has 0 saturated carbocycles. The molecule has 0 spiro atoms. The van der Waals surface area contributed by atoms with Crippen LogP contribution < -0.4 is 4.74 Å². The monoisotopic (exact) mass is 252 g/mol. The fourth-order valence-corrected chi connectivity index (χ4v) is 2.31. The van der Waals surface area contributed by atoms with Gasteiger partial charge in [0.15, 0.2) is 0 Å². The van der Waals surface area contributed by atoms with Gasteiger partial charge in [0.05, 0.1) is 19.3 Å². The summed E-state index contributed by atoms with van der Waals surface area (Å²) in [7, 11) is 1.69. The Labute approximate surface area is 112 Å². The van der Waals surface area contributed by atoms with Gasteiger partial charge in [-0.25, -0.2) is 0 Å². The molecular formula is C16H16N2O. The van der Waals surface area contributed by atoms with Crippen LogP contribution in [0.5, 0.6) is 5.75 Å². The number of hydrogen-bond donors (Lipinski definition) is 0. The van der Waals surface area contributed by atoms with E-state index in [0.717, 1.165) is 23.7 Å². The van der Waals surface area contributed by atoms with Crippen LogP contribution in [-0.4, -0.2) is 16.7 Å². The number of hydrogen-bond acceptors (Lipinski definition) is 2. The predicted octanol–water partition coefficient (Wildman–Crippen LogP) is 3.40. The van der Waals surface area contributed by atoms with Crippen molar-refractivity contribution in [1.82, 2.24) is 9.55 Å². The highest BCUT2D eigenvalue weighted by Crippen LogP contribution is 2.22. The first kappa shape index (κ1) is 11.8. The van der Waals surface area contributed by atoms with Crippen molar-refractivity contribution in [2.45, 2.75) is 13.5 Å². The van der Waals surface area contributed by atoms with E-state index in [1.54, 1.807) is 7.11 Å². The Kier molecular flexibility index (Phi) is 2.95. The van der Waals surface area contributed by atoms with Gasteiger partial charge in [-0.05, 0) is 43.3 Å². The van der Waals surface area contributed by atoms with Crippen molar-refractivity contribution >= 4 is 10.9 Å². The van der Waals surface area contributed by atoms with Crippen molar-refractivity contribution in [2.24, 2.45) is 0 Å². The lowest BCUT2D eigenvalue weighted by molar-refractivity contribution is 0.415. The summed E-state index contributed by atoms with van der Waals surface area (Å²) in [4.78, 5) is 4.54. The maximum absolute atomic E-state index is 5.24. The summed E-state index contributed by atoms with van der Waals surface area (Å²) in [6, 6.07) is 14.4. The summed E-state index contributed by atoms with van der Waals surface area (Å²) >= 11 is 0. The number of ether oxygens (including phenoxy) is 1. The number of rotatable bonds is 3. The Bertz CT molecular complexity index is 716. The zero-order chi connectivity index (χ0) is 13.2. The summed E-state index contributed by atoms with van der Waals surface area (Å²) < 4.78 is 7.45. The van der Waals surface area contributed by atoms with Gasteiger partial charge >= 0.3 is 0 Å². The number of nitrogens with zero attached hydrogens (tertiary/aromatic N) is 2. The van der Waals surface area contributed by atoms with E-state index in [-0.39, 0.29) is 0 Å². The molecule has 2 heterocycles. The highest BCUT2D eigenvalue weighted by atomic mass is 16.5. The molecule has 1 aromatic carbocycles. The SMILES string of the molecule is COc1ccc2c(ccn2Cc2cccc(C)n2)c1. The van der Waals surface area contributed by atoms with Crippen LogP contribution in [0.3, 0.4) is 0 Å². The zero-order valence-electron chi connectivity index (χ0n) is 11.1. The van der Waals surface area contributed by atoms with Crippen molar-refractivity contribution in [3.05, 3.63) is 60.0 Å². The average Bonchev–Trinajstić information content (AvgIpc) is 2.81. The molecule has 0 N–H and O–H groups in total. The summed E-state index contributed by atoms with van der Waals surface area (Å²) in [5, 5.41) is 1.19. The van der Waals surface area contributed by atoms with Crippen molar-refractivity contribution in [3.8, 4) is 5.75 Å². The Hall–Kier alpha value is -2.29. The zero-order valence-corrected chi connectivity index (χ0v) is 11.1. The third-order valence-corrected chi connectivity index (χ3v) is 3.26. The summed E-state index contributed by atoms with van der Waals surface area (Å²) in [5.41, 5.74) is 3.33. The Balaban J connectivity index is 1.97. The van der Waals surface area contributed by atoms with Gasteiger partial charge in [0.2, 0.25) is 0 Å². The minimum atomic E-state index is 0.789. The van der Waals surface area contributed by atoms with Gasteiger partial charge in [0, 0.05) is 22.8 Å². The molecule has 19 heavy (non-hydrogen) atoms. The Morgan fingerprint density at radius 2 is 2.05 bits per heavy atom. The second-order valence-corrected chi connectivity index (χ2v) is 4.64. The van der Waals surface area contributed by atoms with Gasteiger partial charge in [-0.1, -0.05) is 6.07 Å². The summed E-state index contributed by atoms with van der Waals surface area (Å²) in [5.74, 6) is 0.888. The molecule has 0 aliphatic carbocycles. The molecule has 0 radical (unpaired) electrons. The van der Waals surface area contributed by atoms with E-state index >= 15 is 0 Å². The van der Waals surface area contributed by atoms with Gasteiger partial charge in [-0.15, -0.1) is 0 Å². The molecule has 0 saturated heterocycles. The number of aryl methyl sites for hydroxylation is 1. The molecule has 3 rings (SSSR count). The lowest BCUT2D eigenvalue weighted by atomic mass is 10.2. The smallest absolute Gasteiger partial charge is 0.119 e. The second kappa shape index (κ2) is 4.76. The van der Waals surface area contributed by atoms with Crippen LogP contribution in [0.15, 0.2) is 48.7 Å². The molecule has 0 bridgehead atoms. The van der Waals surface area contributed by atoms with E-state index in [0.29, 0.717) is 0 Å². The van der Waals surface area contributed by atoms with E-state index in [1.807, 2.05) is 25.1 Å². The van der Waals surface area contributed by atoms with E-state index in [9.17, 15) is 0 Å². The Morgan fingerprint density at radius 1 is 1.16 bits per heavy atom. The van der Waals surface area contributed by atoms with Crippen LogP contribution >= 0.6 is 0 Å². The van der Waals surface area contributed by atoms with Crippen LogP contribution in [0.1, 0.15) is 11.4 Å². The van der Waals surface area contributed by atoms with Gasteiger partial charge in [0.25, 0.3) is 0 Å². The van der Waals surface area contributed by atoms with E-state index in [2.05, 4.69) is 40.0 Å². The average molecular weight is 252 g/mol. The molecule has 0 amide bonds. The molecule has 0 atom stereocenters. The van der Waals surface area contributed by atoms with Gasteiger partial charge < -0.3 is 9.30 Å². The first-order valence-electron chi connectivity index (χ1n) is 6.32. The summed E-state index contributed by atoms with van der Waals surface area (Å²) in [6.45, 7) is 2.81. The van der Waals surface area contributed by atoms with E-state index in [4.69, 9.17) is 4.74 Å². The number of aromatic nitrogens is 2. The third kappa shape index (κ3) is 2.32. The van der Waals surface area contributed by atoms with Gasteiger partial charge in [-0.3, -0.25) is 4.98 Å². The molecule has 3 heteroatoms. The van der Waals surface area contributed by atoms with Crippen LogP contribution in [0.4, 0.5) is 0 Å². The molecule has 2 aromatic heterocycles. The largest absolute Gasteiger partial charge is 0.497 e.